The van der Waals surface area contributed by atoms with Gasteiger partial charge in [-0.05, 0) is 48.4 Å². The fourth-order valence-electron chi connectivity index (χ4n) is 3.52. The van der Waals surface area contributed by atoms with Gasteiger partial charge in [0.25, 0.3) is 5.91 Å². The number of furan rings is 1. The first-order valence-electron chi connectivity index (χ1n) is 10.0. The molecule has 3 aromatic carbocycles. The summed E-state index contributed by atoms with van der Waals surface area (Å²) in [6.07, 6.45) is 0.600. The predicted molar refractivity (Wildman–Crippen MR) is 119 cm³/mol. The number of carbonyl (C=O) groups excluding carboxylic acids is 2. The monoisotopic (exact) mass is 416 g/mol. The van der Waals surface area contributed by atoms with E-state index in [1.54, 1.807) is 18.2 Å². The van der Waals surface area contributed by atoms with Gasteiger partial charge >= 0.3 is 0 Å². The summed E-state index contributed by atoms with van der Waals surface area (Å²) in [5, 5.41) is 6.22. The lowest BCUT2D eigenvalue weighted by molar-refractivity contribution is -0.117. The maximum absolute atomic E-state index is 13.2. The summed E-state index contributed by atoms with van der Waals surface area (Å²) in [4.78, 5) is 26.1. The molecule has 2 amide bonds. The molecule has 0 aliphatic carbocycles. The van der Waals surface area contributed by atoms with Crippen LogP contribution in [0.1, 0.15) is 35.4 Å². The molecule has 4 aromatic rings. The third-order valence-electron chi connectivity index (χ3n) is 5.08. The minimum atomic E-state index is -0.536. The van der Waals surface area contributed by atoms with Crippen molar-refractivity contribution in [2.24, 2.45) is 0 Å². The van der Waals surface area contributed by atoms with E-state index in [-0.39, 0.29) is 17.6 Å². The minimum Gasteiger partial charge on any atom is -0.449 e. The number of carbonyl (C=O) groups is 2. The highest BCUT2D eigenvalue weighted by Crippen LogP contribution is 2.33. The van der Waals surface area contributed by atoms with Crippen LogP contribution in [-0.2, 0) is 4.79 Å². The Morgan fingerprint density at radius 3 is 2.29 bits per heavy atom. The number of nitrogens with one attached hydrogen (secondary N) is 2. The largest absolute Gasteiger partial charge is 0.449 e. The van der Waals surface area contributed by atoms with Crippen molar-refractivity contribution in [1.82, 2.24) is 0 Å². The first-order valence-corrected chi connectivity index (χ1v) is 10.0. The van der Waals surface area contributed by atoms with Crippen LogP contribution in [0.2, 0.25) is 0 Å². The molecule has 0 fully saturated rings. The van der Waals surface area contributed by atoms with Gasteiger partial charge in [0.2, 0.25) is 11.7 Å². The Hall–Kier alpha value is -3.93. The molecule has 1 atom stereocenters. The van der Waals surface area contributed by atoms with Gasteiger partial charge in [-0.15, -0.1) is 0 Å². The highest BCUT2D eigenvalue weighted by Gasteiger charge is 2.25. The summed E-state index contributed by atoms with van der Waals surface area (Å²) in [6.45, 7) is 1.94. The number of anilines is 2. The van der Waals surface area contributed by atoms with Gasteiger partial charge in [0.15, 0.2) is 0 Å². The maximum Gasteiger partial charge on any atom is 0.293 e. The molecule has 1 aromatic heterocycles. The van der Waals surface area contributed by atoms with E-state index in [9.17, 15) is 14.0 Å². The van der Waals surface area contributed by atoms with E-state index < -0.39 is 11.7 Å². The third-order valence-corrected chi connectivity index (χ3v) is 5.08. The molecule has 0 aliphatic heterocycles. The molecule has 0 radical (unpaired) electrons. The van der Waals surface area contributed by atoms with Crippen LogP contribution in [0.4, 0.5) is 15.8 Å². The Labute approximate surface area is 178 Å². The van der Waals surface area contributed by atoms with Gasteiger partial charge in [0, 0.05) is 11.1 Å². The zero-order valence-corrected chi connectivity index (χ0v) is 16.9. The fraction of sp³-hybridized carbons (Fsp3) is 0.120. The van der Waals surface area contributed by atoms with Gasteiger partial charge < -0.3 is 15.1 Å². The molecule has 1 heterocycles. The molecule has 4 rings (SSSR count). The first kappa shape index (κ1) is 20.3. The third kappa shape index (κ3) is 4.33. The molecule has 156 valence electrons. The molecule has 6 heteroatoms. The molecule has 2 N–H and O–H groups in total. The Morgan fingerprint density at radius 1 is 0.903 bits per heavy atom. The summed E-state index contributed by atoms with van der Waals surface area (Å²) in [7, 11) is 0. The second kappa shape index (κ2) is 8.83. The van der Waals surface area contributed by atoms with Gasteiger partial charge in [-0.3, -0.25) is 9.59 Å². The molecule has 31 heavy (non-hydrogen) atoms. The minimum absolute atomic E-state index is 0.0122. The van der Waals surface area contributed by atoms with Crippen molar-refractivity contribution in [2.45, 2.75) is 19.3 Å². The van der Waals surface area contributed by atoms with Crippen molar-refractivity contribution in [2.75, 3.05) is 10.6 Å². The van der Waals surface area contributed by atoms with E-state index in [1.165, 1.54) is 24.3 Å². The van der Waals surface area contributed by atoms with E-state index >= 15 is 0 Å². The van der Waals surface area contributed by atoms with Crippen LogP contribution < -0.4 is 10.6 Å². The van der Waals surface area contributed by atoms with Crippen molar-refractivity contribution in [3.63, 3.8) is 0 Å². The highest BCUT2D eigenvalue weighted by molar-refractivity contribution is 6.15. The zero-order chi connectivity index (χ0) is 21.8. The number of para-hydroxylation sites is 1. The molecule has 5 nitrogen and oxygen atoms in total. The van der Waals surface area contributed by atoms with Crippen LogP contribution in [0.3, 0.4) is 0 Å². The number of rotatable bonds is 6. The molecule has 0 unspecified atom stereocenters. The summed E-state index contributed by atoms with van der Waals surface area (Å²) in [5.74, 6) is -1.55. The average Bonchev–Trinajstić information content (AvgIpc) is 3.15. The van der Waals surface area contributed by atoms with Crippen LogP contribution in [0.25, 0.3) is 11.0 Å². The van der Waals surface area contributed by atoms with E-state index in [0.29, 0.717) is 28.8 Å². The Morgan fingerprint density at radius 2 is 1.58 bits per heavy atom. The highest BCUT2D eigenvalue weighted by atomic mass is 19.1. The van der Waals surface area contributed by atoms with Crippen molar-refractivity contribution in [3.8, 4) is 0 Å². The van der Waals surface area contributed by atoms with Gasteiger partial charge in [0.1, 0.15) is 17.1 Å². The lowest BCUT2D eigenvalue weighted by Gasteiger charge is -2.15. The normalized spacial score (nSPS) is 11.8. The summed E-state index contributed by atoms with van der Waals surface area (Å²) < 4.78 is 18.9. The summed E-state index contributed by atoms with van der Waals surface area (Å²) in [6, 6.07) is 22.0. The number of fused-ring (bicyclic) bond motifs is 1. The van der Waals surface area contributed by atoms with Crippen molar-refractivity contribution in [3.05, 3.63) is 96.0 Å². The second-order valence-electron chi connectivity index (χ2n) is 7.12. The van der Waals surface area contributed by atoms with Crippen LogP contribution in [0.5, 0.6) is 0 Å². The van der Waals surface area contributed by atoms with E-state index in [0.717, 1.165) is 5.56 Å². The van der Waals surface area contributed by atoms with Gasteiger partial charge in [-0.25, -0.2) is 4.39 Å². The van der Waals surface area contributed by atoms with Crippen LogP contribution in [0.15, 0.2) is 83.3 Å². The second-order valence-corrected chi connectivity index (χ2v) is 7.12. The molecular weight excluding hydrogens is 395 g/mol. The quantitative estimate of drug-likeness (QED) is 0.408. The molecule has 0 spiro atoms. The van der Waals surface area contributed by atoms with Crippen LogP contribution in [-0.4, -0.2) is 11.8 Å². The fourth-order valence-corrected chi connectivity index (χ4v) is 3.52. The topological polar surface area (TPSA) is 71.3 Å². The Kier molecular flexibility index (Phi) is 5.80. The number of amides is 2. The number of halogens is 1. The Bertz CT molecular complexity index is 1220. The maximum atomic E-state index is 13.2. The van der Waals surface area contributed by atoms with E-state index in [4.69, 9.17) is 4.42 Å². The van der Waals surface area contributed by atoms with Crippen molar-refractivity contribution >= 4 is 34.2 Å². The predicted octanol–water partition coefficient (Wildman–Crippen LogP) is 5.96. The van der Waals surface area contributed by atoms with E-state index in [1.807, 2.05) is 43.3 Å². The van der Waals surface area contributed by atoms with Crippen LogP contribution in [0, 0.1) is 5.82 Å². The Balaban J connectivity index is 1.67. The van der Waals surface area contributed by atoms with Crippen LogP contribution >= 0.6 is 0 Å². The number of benzene rings is 3. The lowest BCUT2D eigenvalue weighted by Crippen LogP contribution is -2.22. The SMILES string of the molecule is CC[C@H](C(=O)Nc1c(C(=O)Nc2ccc(F)cc2)oc2ccccc12)c1ccccc1. The first-order chi connectivity index (χ1) is 15.1. The standard InChI is InChI=1S/C25H21FN2O3/c1-2-19(16-8-4-3-5-9-16)24(29)28-22-20-10-6-7-11-21(20)31-23(22)25(30)27-18-14-12-17(26)13-15-18/h3-15,19H,2H2,1H3,(H,27,30)(H,28,29)/t19-/m0/s1. The van der Waals surface area contributed by atoms with Crippen molar-refractivity contribution in [1.29, 1.82) is 0 Å². The molecule has 0 aliphatic rings. The zero-order valence-electron chi connectivity index (χ0n) is 16.9. The van der Waals surface area contributed by atoms with Gasteiger partial charge in [-0.2, -0.15) is 0 Å². The lowest BCUT2D eigenvalue weighted by atomic mass is 9.95. The summed E-state index contributed by atoms with van der Waals surface area (Å²) >= 11 is 0. The molecule has 0 bridgehead atoms. The summed E-state index contributed by atoms with van der Waals surface area (Å²) in [5.41, 5.74) is 2.11. The smallest absolute Gasteiger partial charge is 0.293 e. The number of hydrogen-bond acceptors (Lipinski definition) is 3. The van der Waals surface area contributed by atoms with Gasteiger partial charge in [-0.1, -0.05) is 49.4 Å². The van der Waals surface area contributed by atoms with Gasteiger partial charge in [0.05, 0.1) is 5.92 Å². The number of hydrogen-bond donors (Lipinski definition) is 2. The van der Waals surface area contributed by atoms with Crippen molar-refractivity contribution < 1.29 is 18.4 Å². The molecular formula is C25H21FN2O3. The average molecular weight is 416 g/mol. The molecule has 0 saturated carbocycles. The molecule has 0 saturated heterocycles. The van der Waals surface area contributed by atoms with E-state index in [2.05, 4.69) is 10.6 Å².